The predicted octanol–water partition coefficient (Wildman–Crippen LogP) is 2.69. The number of carbonyl (C=O) groups is 1. The highest BCUT2D eigenvalue weighted by molar-refractivity contribution is 9.10. The Morgan fingerprint density at radius 1 is 1.50 bits per heavy atom. The molecule has 2 rings (SSSR count). The van der Waals surface area contributed by atoms with Gasteiger partial charge in [0.05, 0.1) is 11.7 Å². The van der Waals surface area contributed by atoms with Crippen molar-refractivity contribution in [1.82, 2.24) is 5.32 Å². The standard InChI is InChI=1S/C13H16BrFN2O/c1-8(2)16-11-5-6-17(13(11)18)12-4-3-9(15)7-10(12)14/h3-4,7-8,11,16H,5-6H2,1-2H3. The van der Waals surface area contributed by atoms with Crippen LogP contribution in [0.15, 0.2) is 22.7 Å². The molecule has 1 N–H and O–H groups in total. The van der Waals surface area contributed by atoms with E-state index < -0.39 is 0 Å². The molecule has 1 aromatic carbocycles. The Kier molecular flexibility index (Phi) is 4.02. The molecule has 1 aliphatic rings. The molecular weight excluding hydrogens is 299 g/mol. The number of carbonyl (C=O) groups excluding carboxylic acids is 1. The average molecular weight is 315 g/mol. The number of anilines is 1. The minimum Gasteiger partial charge on any atom is -0.310 e. The predicted molar refractivity (Wildman–Crippen MR) is 73.1 cm³/mol. The second-order valence-corrected chi connectivity index (χ2v) is 5.60. The SMILES string of the molecule is CC(C)NC1CCN(c2ccc(F)cc2Br)C1=O. The largest absolute Gasteiger partial charge is 0.310 e. The zero-order chi connectivity index (χ0) is 13.3. The van der Waals surface area contributed by atoms with Crippen molar-refractivity contribution < 1.29 is 9.18 Å². The average Bonchev–Trinajstić information content (AvgIpc) is 2.60. The van der Waals surface area contributed by atoms with Gasteiger partial charge in [-0.05, 0) is 40.5 Å². The number of nitrogens with one attached hydrogen (secondary N) is 1. The van der Waals surface area contributed by atoms with Gasteiger partial charge in [0.15, 0.2) is 0 Å². The molecule has 3 nitrogen and oxygen atoms in total. The normalized spacial score (nSPS) is 19.9. The van der Waals surface area contributed by atoms with Gasteiger partial charge >= 0.3 is 0 Å². The molecule has 1 fully saturated rings. The second kappa shape index (κ2) is 5.36. The molecule has 5 heteroatoms. The van der Waals surface area contributed by atoms with Gasteiger partial charge < -0.3 is 10.2 Å². The topological polar surface area (TPSA) is 32.3 Å². The van der Waals surface area contributed by atoms with Crippen LogP contribution in [0.5, 0.6) is 0 Å². The first-order chi connectivity index (χ1) is 8.49. The summed E-state index contributed by atoms with van der Waals surface area (Å²) in [4.78, 5) is 13.9. The molecule has 0 aliphatic carbocycles. The minimum absolute atomic E-state index is 0.0519. The number of halogens is 2. The number of amides is 1. The lowest BCUT2D eigenvalue weighted by Gasteiger charge is -2.19. The molecule has 1 unspecified atom stereocenters. The molecule has 1 aromatic rings. The van der Waals surface area contributed by atoms with E-state index in [1.165, 1.54) is 12.1 Å². The third kappa shape index (κ3) is 2.72. The molecular formula is C13H16BrFN2O. The van der Waals surface area contributed by atoms with E-state index in [2.05, 4.69) is 21.2 Å². The monoisotopic (exact) mass is 314 g/mol. The van der Waals surface area contributed by atoms with Gasteiger partial charge in [0, 0.05) is 17.1 Å². The van der Waals surface area contributed by atoms with Crippen LogP contribution in [-0.4, -0.2) is 24.5 Å². The van der Waals surface area contributed by atoms with E-state index in [9.17, 15) is 9.18 Å². The Morgan fingerprint density at radius 3 is 2.83 bits per heavy atom. The fraction of sp³-hybridized carbons (Fsp3) is 0.462. The third-order valence-electron chi connectivity index (χ3n) is 2.94. The van der Waals surface area contributed by atoms with Crippen molar-refractivity contribution in [3.8, 4) is 0 Å². The summed E-state index contributed by atoms with van der Waals surface area (Å²) >= 11 is 3.30. The first-order valence-electron chi connectivity index (χ1n) is 6.01. The fourth-order valence-electron chi connectivity index (χ4n) is 2.18. The zero-order valence-electron chi connectivity index (χ0n) is 10.4. The van der Waals surface area contributed by atoms with Gasteiger partial charge in [-0.1, -0.05) is 13.8 Å². The summed E-state index contributed by atoms with van der Waals surface area (Å²) in [5.41, 5.74) is 0.731. The maximum Gasteiger partial charge on any atom is 0.244 e. The number of hydrogen-bond acceptors (Lipinski definition) is 2. The van der Waals surface area contributed by atoms with E-state index in [4.69, 9.17) is 0 Å². The maximum atomic E-state index is 13.0. The van der Waals surface area contributed by atoms with E-state index in [-0.39, 0.29) is 23.8 Å². The van der Waals surface area contributed by atoms with Gasteiger partial charge in [-0.3, -0.25) is 4.79 Å². The number of hydrogen-bond donors (Lipinski definition) is 1. The van der Waals surface area contributed by atoms with Crippen molar-refractivity contribution in [3.05, 3.63) is 28.5 Å². The van der Waals surface area contributed by atoms with Crippen molar-refractivity contribution in [2.24, 2.45) is 0 Å². The summed E-state index contributed by atoms with van der Waals surface area (Å²) in [7, 11) is 0. The van der Waals surface area contributed by atoms with Gasteiger partial charge in [-0.25, -0.2) is 4.39 Å². The number of benzene rings is 1. The van der Waals surface area contributed by atoms with Crippen LogP contribution in [0.1, 0.15) is 20.3 Å². The number of nitrogens with zero attached hydrogens (tertiary/aromatic N) is 1. The first kappa shape index (κ1) is 13.5. The Hall–Kier alpha value is -0.940. The molecule has 0 bridgehead atoms. The third-order valence-corrected chi connectivity index (χ3v) is 3.58. The Morgan fingerprint density at radius 2 is 2.22 bits per heavy atom. The van der Waals surface area contributed by atoms with Crippen LogP contribution >= 0.6 is 15.9 Å². The molecule has 98 valence electrons. The Bertz CT molecular complexity index is 464. The van der Waals surface area contributed by atoms with Gasteiger partial charge in [-0.15, -0.1) is 0 Å². The van der Waals surface area contributed by atoms with Crippen molar-refractivity contribution in [3.63, 3.8) is 0 Å². The summed E-state index contributed by atoms with van der Waals surface area (Å²) < 4.78 is 13.6. The maximum absolute atomic E-state index is 13.0. The van der Waals surface area contributed by atoms with Crippen molar-refractivity contribution >= 4 is 27.5 Å². The Balaban J connectivity index is 2.18. The number of rotatable bonds is 3. The molecule has 1 heterocycles. The van der Waals surface area contributed by atoms with Crippen LogP contribution in [0.2, 0.25) is 0 Å². The van der Waals surface area contributed by atoms with Crippen molar-refractivity contribution in [2.75, 3.05) is 11.4 Å². The second-order valence-electron chi connectivity index (χ2n) is 4.75. The van der Waals surface area contributed by atoms with Crippen molar-refractivity contribution in [2.45, 2.75) is 32.4 Å². The lowest BCUT2D eigenvalue weighted by molar-refractivity contribution is -0.118. The first-order valence-corrected chi connectivity index (χ1v) is 6.81. The van der Waals surface area contributed by atoms with Crippen LogP contribution < -0.4 is 10.2 Å². The molecule has 18 heavy (non-hydrogen) atoms. The smallest absolute Gasteiger partial charge is 0.244 e. The van der Waals surface area contributed by atoms with Crippen LogP contribution in [0.25, 0.3) is 0 Å². The molecule has 1 saturated heterocycles. The molecule has 0 spiro atoms. The summed E-state index contributed by atoms with van der Waals surface area (Å²) in [6.45, 7) is 4.70. The van der Waals surface area contributed by atoms with E-state index in [0.29, 0.717) is 11.0 Å². The van der Waals surface area contributed by atoms with Crippen LogP contribution in [0, 0.1) is 5.82 Å². The quantitative estimate of drug-likeness (QED) is 0.930. The summed E-state index contributed by atoms with van der Waals surface area (Å²) in [6.07, 6.45) is 0.779. The van der Waals surface area contributed by atoms with E-state index >= 15 is 0 Å². The Labute approximate surface area is 114 Å². The lowest BCUT2D eigenvalue weighted by atomic mass is 10.2. The van der Waals surface area contributed by atoms with Gasteiger partial charge in [0.25, 0.3) is 0 Å². The fourth-order valence-corrected chi connectivity index (χ4v) is 2.74. The van der Waals surface area contributed by atoms with E-state index in [1.54, 1.807) is 11.0 Å². The van der Waals surface area contributed by atoms with Gasteiger partial charge in [0.1, 0.15) is 5.82 Å². The zero-order valence-corrected chi connectivity index (χ0v) is 12.0. The molecule has 0 saturated carbocycles. The molecule has 1 aliphatic heterocycles. The van der Waals surface area contributed by atoms with Crippen LogP contribution in [0.3, 0.4) is 0 Å². The summed E-state index contributed by atoms with van der Waals surface area (Å²) in [6, 6.07) is 4.52. The molecule has 1 amide bonds. The van der Waals surface area contributed by atoms with E-state index in [0.717, 1.165) is 12.1 Å². The van der Waals surface area contributed by atoms with E-state index in [1.807, 2.05) is 13.8 Å². The summed E-state index contributed by atoms with van der Waals surface area (Å²) in [5.74, 6) is -0.259. The lowest BCUT2D eigenvalue weighted by Crippen LogP contribution is -2.41. The minimum atomic E-state index is -0.311. The molecule has 1 atom stereocenters. The van der Waals surface area contributed by atoms with Crippen molar-refractivity contribution in [1.29, 1.82) is 0 Å². The highest BCUT2D eigenvalue weighted by atomic mass is 79.9. The highest BCUT2D eigenvalue weighted by Crippen LogP contribution is 2.30. The molecule has 0 radical (unpaired) electrons. The van der Waals surface area contributed by atoms with Gasteiger partial charge in [-0.2, -0.15) is 0 Å². The summed E-state index contributed by atoms with van der Waals surface area (Å²) in [5, 5.41) is 3.24. The van der Waals surface area contributed by atoms with Crippen LogP contribution in [0.4, 0.5) is 10.1 Å². The highest BCUT2D eigenvalue weighted by Gasteiger charge is 2.33. The molecule has 0 aromatic heterocycles. The van der Waals surface area contributed by atoms with Gasteiger partial charge in [0.2, 0.25) is 5.91 Å². The van der Waals surface area contributed by atoms with Crippen LogP contribution in [-0.2, 0) is 4.79 Å².